The van der Waals surface area contributed by atoms with Crippen molar-refractivity contribution in [3.63, 3.8) is 0 Å². The van der Waals surface area contributed by atoms with Gasteiger partial charge in [-0.1, -0.05) is 51.5 Å². The fourth-order valence-electron chi connectivity index (χ4n) is 2.92. The highest BCUT2D eigenvalue weighted by Gasteiger charge is 2.41. The zero-order valence-corrected chi connectivity index (χ0v) is 20.9. The number of hydrogen-bond donors (Lipinski definition) is 2. The molecule has 0 aliphatic carbocycles. The number of carbonyl (C=O) groups is 1. The maximum atomic E-state index is 12.0. The maximum absolute atomic E-state index is 12.0. The van der Waals surface area contributed by atoms with Crippen molar-refractivity contribution in [2.75, 3.05) is 13.2 Å². The molecule has 0 unspecified atom stereocenters. The number of unbranched alkanes of at least 4 members (excludes halogenated alkanes) is 2. The van der Waals surface area contributed by atoms with Crippen LogP contribution >= 0.6 is 0 Å². The lowest BCUT2D eigenvalue weighted by atomic mass is 9.91. The highest BCUT2D eigenvalue weighted by molar-refractivity contribution is 6.74. The molecular weight excluding hydrogens is 378 g/mol. The van der Waals surface area contributed by atoms with Crippen molar-refractivity contribution >= 4 is 14.2 Å². The fraction of sp³-hybridized carbons (Fsp3) is 0.708. The van der Waals surface area contributed by atoms with E-state index in [1.807, 2.05) is 13.0 Å². The molecular formula is C24H45NO3Si. The van der Waals surface area contributed by atoms with Gasteiger partial charge in [0.2, 0.25) is 5.91 Å². The van der Waals surface area contributed by atoms with Crippen LogP contribution in [0.15, 0.2) is 37.0 Å². The summed E-state index contributed by atoms with van der Waals surface area (Å²) >= 11 is 0. The molecule has 3 atom stereocenters. The normalized spacial score (nSPS) is 16.1. The Morgan fingerprint density at radius 2 is 1.86 bits per heavy atom. The van der Waals surface area contributed by atoms with Crippen LogP contribution in [0, 0.1) is 11.8 Å². The first-order valence-electron chi connectivity index (χ1n) is 10.9. The predicted molar refractivity (Wildman–Crippen MR) is 127 cm³/mol. The van der Waals surface area contributed by atoms with Crippen LogP contribution in [0.25, 0.3) is 0 Å². The molecule has 0 heterocycles. The van der Waals surface area contributed by atoms with Crippen LogP contribution in [-0.4, -0.2) is 38.6 Å². The third-order valence-electron chi connectivity index (χ3n) is 5.86. The second-order valence-corrected chi connectivity index (χ2v) is 14.4. The maximum Gasteiger partial charge on any atom is 0.220 e. The van der Waals surface area contributed by atoms with Crippen LogP contribution < -0.4 is 5.32 Å². The van der Waals surface area contributed by atoms with Crippen LogP contribution in [-0.2, 0) is 9.22 Å². The Balaban J connectivity index is 5.05. The minimum Gasteiger partial charge on any atom is -0.413 e. The van der Waals surface area contributed by atoms with Gasteiger partial charge < -0.3 is 14.8 Å². The predicted octanol–water partition coefficient (Wildman–Crippen LogP) is 5.62. The summed E-state index contributed by atoms with van der Waals surface area (Å²) in [6.07, 6.45) is 9.09. The first kappa shape index (κ1) is 27.8. The Hall–Kier alpha value is -1.17. The molecule has 5 heteroatoms. The van der Waals surface area contributed by atoms with Gasteiger partial charge in [0.1, 0.15) is 0 Å². The Bertz CT molecular complexity index is 549. The molecule has 0 rings (SSSR count). The molecule has 0 radical (unpaired) electrons. The first-order valence-corrected chi connectivity index (χ1v) is 13.8. The molecule has 0 aromatic heterocycles. The fourth-order valence-corrected chi connectivity index (χ4v) is 4.34. The highest BCUT2D eigenvalue weighted by atomic mass is 28.4. The van der Waals surface area contributed by atoms with Gasteiger partial charge >= 0.3 is 0 Å². The van der Waals surface area contributed by atoms with Gasteiger partial charge in [-0.05, 0) is 50.2 Å². The number of hydrogen-bond acceptors (Lipinski definition) is 3. The standard InChI is InChI=1S/C24H45NO3Si/c1-10-12-13-14-15-22(27)25-17-19(3)16-20(4)23(21(11-2)18-26)28-29(8,9)24(5,6)7/h10-11,16,20-21,23,26H,1-2,12-15,17-18H2,3-9H3,(H,25,27)/t20-,21-,23+/m1/s1. The van der Waals surface area contributed by atoms with E-state index in [9.17, 15) is 9.90 Å². The van der Waals surface area contributed by atoms with Gasteiger partial charge in [-0.2, -0.15) is 0 Å². The van der Waals surface area contributed by atoms with Crippen LogP contribution in [0.5, 0.6) is 0 Å². The van der Waals surface area contributed by atoms with Gasteiger partial charge in [0.25, 0.3) is 0 Å². The second-order valence-electron chi connectivity index (χ2n) is 9.61. The van der Waals surface area contributed by atoms with Gasteiger partial charge in [0, 0.05) is 18.9 Å². The zero-order valence-electron chi connectivity index (χ0n) is 19.9. The number of amides is 1. The molecule has 0 spiro atoms. The smallest absolute Gasteiger partial charge is 0.220 e. The summed E-state index contributed by atoms with van der Waals surface area (Å²) in [6, 6.07) is 0. The highest BCUT2D eigenvalue weighted by Crippen LogP contribution is 2.39. The molecule has 168 valence electrons. The van der Waals surface area contributed by atoms with E-state index >= 15 is 0 Å². The number of aliphatic hydroxyl groups is 1. The third kappa shape index (κ3) is 10.4. The summed E-state index contributed by atoms with van der Waals surface area (Å²) in [5, 5.41) is 12.9. The van der Waals surface area contributed by atoms with E-state index in [2.05, 4.69) is 65.3 Å². The average molecular weight is 424 g/mol. The lowest BCUT2D eigenvalue weighted by Gasteiger charge is -2.42. The molecule has 0 aliphatic rings. The first-order chi connectivity index (χ1) is 13.4. The van der Waals surface area contributed by atoms with E-state index in [1.165, 1.54) is 0 Å². The third-order valence-corrected chi connectivity index (χ3v) is 10.3. The summed E-state index contributed by atoms with van der Waals surface area (Å²) in [5.74, 6) is 0.0641. The van der Waals surface area contributed by atoms with E-state index in [1.54, 1.807) is 6.08 Å². The molecule has 0 aromatic rings. The van der Waals surface area contributed by atoms with Crippen molar-refractivity contribution in [1.29, 1.82) is 0 Å². The van der Waals surface area contributed by atoms with Gasteiger partial charge in [0.05, 0.1) is 12.7 Å². The molecule has 4 nitrogen and oxygen atoms in total. The molecule has 0 saturated heterocycles. The molecule has 0 aromatic carbocycles. The van der Waals surface area contributed by atoms with Crippen LogP contribution in [0.1, 0.15) is 60.3 Å². The Morgan fingerprint density at radius 1 is 1.24 bits per heavy atom. The average Bonchev–Trinajstić information content (AvgIpc) is 2.62. The van der Waals surface area contributed by atoms with Gasteiger partial charge in [-0.3, -0.25) is 4.79 Å². The number of aliphatic hydroxyl groups excluding tert-OH is 1. The van der Waals surface area contributed by atoms with Crippen LogP contribution in [0.4, 0.5) is 0 Å². The molecule has 0 aliphatic heterocycles. The Labute approximate surface area is 180 Å². The van der Waals surface area contributed by atoms with Crippen molar-refractivity contribution < 1.29 is 14.3 Å². The van der Waals surface area contributed by atoms with Gasteiger partial charge in [-0.25, -0.2) is 0 Å². The van der Waals surface area contributed by atoms with Crippen LogP contribution in [0.3, 0.4) is 0 Å². The van der Waals surface area contributed by atoms with Crippen molar-refractivity contribution in [1.82, 2.24) is 5.32 Å². The number of allylic oxidation sites excluding steroid dienone is 1. The summed E-state index contributed by atoms with van der Waals surface area (Å²) in [7, 11) is -2.00. The summed E-state index contributed by atoms with van der Waals surface area (Å²) in [5.41, 5.74) is 1.10. The second kappa shape index (κ2) is 13.2. The molecule has 2 N–H and O–H groups in total. The van der Waals surface area contributed by atoms with E-state index in [4.69, 9.17) is 4.43 Å². The van der Waals surface area contributed by atoms with E-state index < -0.39 is 8.32 Å². The lowest BCUT2D eigenvalue weighted by molar-refractivity contribution is -0.121. The van der Waals surface area contributed by atoms with E-state index in [-0.39, 0.29) is 35.5 Å². The van der Waals surface area contributed by atoms with Crippen molar-refractivity contribution in [2.45, 2.75) is 84.5 Å². The SMILES string of the molecule is C=CCCCCC(=O)NCC(C)=C[C@@H](C)[C@H](O[Si](C)(C)C(C)(C)C)[C@H](C=C)CO. The monoisotopic (exact) mass is 423 g/mol. The minimum absolute atomic E-state index is 0.0153. The van der Waals surface area contributed by atoms with Crippen LogP contribution in [0.2, 0.25) is 18.1 Å². The number of carbonyl (C=O) groups excluding carboxylic acids is 1. The summed E-state index contributed by atoms with van der Waals surface area (Å²) < 4.78 is 6.68. The topological polar surface area (TPSA) is 58.6 Å². The van der Waals surface area contributed by atoms with Crippen molar-refractivity contribution in [2.24, 2.45) is 11.8 Å². The Morgan fingerprint density at radius 3 is 2.34 bits per heavy atom. The molecule has 0 fully saturated rings. The molecule has 29 heavy (non-hydrogen) atoms. The van der Waals surface area contributed by atoms with E-state index in [0.29, 0.717) is 13.0 Å². The van der Waals surface area contributed by atoms with Gasteiger partial charge in [-0.15, -0.1) is 13.2 Å². The summed E-state index contributed by atoms with van der Waals surface area (Å²) in [6.45, 7) is 23.4. The minimum atomic E-state index is -2.00. The van der Waals surface area contributed by atoms with E-state index in [0.717, 1.165) is 24.8 Å². The largest absolute Gasteiger partial charge is 0.413 e. The molecule has 0 saturated carbocycles. The molecule has 1 amide bonds. The lowest BCUT2D eigenvalue weighted by Crippen LogP contribution is -2.47. The zero-order chi connectivity index (χ0) is 22.7. The van der Waals surface area contributed by atoms with Crippen molar-refractivity contribution in [3.05, 3.63) is 37.0 Å². The van der Waals surface area contributed by atoms with Gasteiger partial charge in [0.15, 0.2) is 8.32 Å². The quantitative estimate of drug-likeness (QED) is 0.217. The number of nitrogens with one attached hydrogen (secondary N) is 1. The molecule has 0 bridgehead atoms. The summed E-state index contributed by atoms with van der Waals surface area (Å²) in [4.78, 5) is 12.0. The van der Waals surface area contributed by atoms with Crippen molar-refractivity contribution in [3.8, 4) is 0 Å². The Kier molecular flexibility index (Phi) is 12.7. The number of rotatable bonds is 14.